The van der Waals surface area contributed by atoms with Crippen LogP contribution in [0.25, 0.3) is 0 Å². The van der Waals surface area contributed by atoms with Gasteiger partial charge in [0.1, 0.15) is 11.9 Å². The predicted octanol–water partition coefficient (Wildman–Crippen LogP) is 2.68. The Morgan fingerprint density at radius 3 is 3.08 bits per heavy atom. The first-order valence-electron chi connectivity index (χ1n) is 8.35. The minimum absolute atomic E-state index is 0.0109. The quantitative estimate of drug-likeness (QED) is 0.360. The first kappa shape index (κ1) is 18.5. The fraction of sp³-hybridized carbons (Fsp3) is 0.444. The average Bonchev–Trinajstić information content (AvgIpc) is 2.60. The number of hydrogen-bond acceptors (Lipinski definition) is 6. The number of carboxylic acids is 1. The van der Waals surface area contributed by atoms with Crippen molar-refractivity contribution in [2.45, 2.75) is 38.5 Å². The number of nitrogens with zero attached hydrogens (tertiary/aromatic N) is 2. The molecule has 0 aliphatic carbocycles. The monoisotopic (exact) mass is 342 g/mol. The van der Waals surface area contributed by atoms with Crippen LogP contribution in [0, 0.1) is 16.7 Å². The van der Waals surface area contributed by atoms with Gasteiger partial charge in [-0.05, 0) is 37.3 Å². The van der Waals surface area contributed by atoms with Gasteiger partial charge in [0.25, 0.3) is 0 Å². The summed E-state index contributed by atoms with van der Waals surface area (Å²) < 4.78 is 5.42. The van der Waals surface area contributed by atoms with Gasteiger partial charge in [0.2, 0.25) is 0 Å². The van der Waals surface area contributed by atoms with Crippen LogP contribution in [0.2, 0.25) is 0 Å². The van der Waals surface area contributed by atoms with Gasteiger partial charge in [-0.15, -0.1) is 0 Å². The molecule has 0 fully saturated rings. The van der Waals surface area contributed by atoms with E-state index in [2.05, 4.69) is 16.4 Å². The highest BCUT2D eigenvalue weighted by Crippen LogP contribution is 2.19. The molecule has 0 saturated heterocycles. The van der Waals surface area contributed by atoms with Crippen LogP contribution in [-0.4, -0.2) is 34.9 Å². The van der Waals surface area contributed by atoms with E-state index in [1.807, 2.05) is 12.1 Å². The van der Waals surface area contributed by atoms with E-state index in [0.29, 0.717) is 25.9 Å². The van der Waals surface area contributed by atoms with Gasteiger partial charge < -0.3 is 20.6 Å². The lowest BCUT2D eigenvalue weighted by atomic mass is 10.1. The van der Waals surface area contributed by atoms with E-state index >= 15 is 0 Å². The third-order valence-electron chi connectivity index (χ3n) is 3.82. The zero-order chi connectivity index (χ0) is 18.1. The Hall–Kier alpha value is -2.88. The molecule has 2 rings (SSSR count). The number of nitriles is 1. The Morgan fingerprint density at radius 2 is 2.32 bits per heavy atom. The van der Waals surface area contributed by atoms with Crippen molar-refractivity contribution in [2.24, 2.45) is 0 Å². The van der Waals surface area contributed by atoms with Gasteiger partial charge >= 0.3 is 5.97 Å². The van der Waals surface area contributed by atoms with Crippen molar-refractivity contribution in [1.29, 1.82) is 10.7 Å². The molecule has 25 heavy (non-hydrogen) atoms. The molecule has 0 aromatic carbocycles. The van der Waals surface area contributed by atoms with Crippen molar-refractivity contribution in [2.75, 3.05) is 18.5 Å². The standard InChI is InChI=1S/C18H22N4O3/c19-12-16(11-14(20)4-1-5-17(23)24)25-10-8-15-7-6-13-3-2-9-21-18(13)22-15/h6-7,11,20H,1-5,8-10H2,(H,21,22)(H,23,24)/b16-11+,20-14?. The van der Waals surface area contributed by atoms with E-state index in [9.17, 15) is 4.79 Å². The topological polar surface area (TPSA) is 119 Å². The van der Waals surface area contributed by atoms with Crippen molar-refractivity contribution < 1.29 is 14.6 Å². The van der Waals surface area contributed by atoms with Crippen LogP contribution in [0.15, 0.2) is 24.0 Å². The van der Waals surface area contributed by atoms with E-state index in [1.54, 1.807) is 0 Å². The van der Waals surface area contributed by atoms with Gasteiger partial charge in [-0.2, -0.15) is 5.26 Å². The Morgan fingerprint density at radius 1 is 1.48 bits per heavy atom. The number of aromatic nitrogens is 1. The summed E-state index contributed by atoms with van der Waals surface area (Å²) in [5.74, 6) is 0.108. The summed E-state index contributed by atoms with van der Waals surface area (Å²) in [4.78, 5) is 15.0. The Balaban J connectivity index is 1.80. The normalized spacial score (nSPS) is 13.3. The summed E-state index contributed by atoms with van der Waals surface area (Å²) in [5, 5.41) is 28.7. The summed E-state index contributed by atoms with van der Waals surface area (Å²) in [6.07, 6.45) is 4.76. The summed E-state index contributed by atoms with van der Waals surface area (Å²) in [7, 11) is 0. The van der Waals surface area contributed by atoms with Crippen LogP contribution >= 0.6 is 0 Å². The second-order valence-electron chi connectivity index (χ2n) is 5.83. The molecule has 132 valence electrons. The molecular weight excluding hydrogens is 320 g/mol. The SMILES string of the molecule is N#C/C(=C\C(=N)CCCC(=O)O)OCCc1ccc2c(n1)NCCC2. The third-order valence-corrected chi connectivity index (χ3v) is 3.82. The largest absolute Gasteiger partial charge is 0.483 e. The molecule has 0 radical (unpaired) electrons. The zero-order valence-corrected chi connectivity index (χ0v) is 14.0. The maximum atomic E-state index is 10.5. The molecule has 1 aliphatic rings. The molecule has 2 heterocycles. The number of ether oxygens (including phenoxy) is 1. The van der Waals surface area contributed by atoms with E-state index < -0.39 is 5.97 Å². The van der Waals surface area contributed by atoms with Crippen molar-refractivity contribution in [3.05, 3.63) is 35.2 Å². The number of rotatable bonds is 9. The van der Waals surface area contributed by atoms with Crippen molar-refractivity contribution in [3.63, 3.8) is 0 Å². The molecule has 0 bridgehead atoms. The predicted molar refractivity (Wildman–Crippen MR) is 93.6 cm³/mol. The molecule has 0 spiro atoms. The Bertz CT molecular complexity index is 707. The minimum atomic E-state index is -0.888. The smallest absolute Gasteiger partial charge is 0.303 e. The first-order valence-corrected chi connectivity index (χ1v) is 8.35. The minimum Gasteiger partial charge on any atom is -0.483 e. The first-order chi connectivity index (χ1) is 12.1. The fourth-order valence-electron chi connectivity index (χ4n) is 2.54. The lowest BCUT2D eigenvalue weighted by Crippen LogP contribution is -2.14. The zero-order valence-electron chi connectivity index (χ0n) is 14.0. The second-order valence-corrected chi connectivity index (χ2v) is 5.83. The average molecular weight is 342 g/mol. The number of aliphatic carboxylic acids is 1. The number of nitrogens with one attached hydrogen (secondary N) is 2. The number of fused-ring (bicyclic) bond motifs is 1. The van der Waals surface area contributed by atoms with Gasteiger partial charge in [0.05, 0.1) is 6.61 Å². The van der Waals surface area contributed by atoms with Gasteiger partial charge in [-0.3, -0.25) is 4.79 Å². The number of carbonyl (C=O) groups is 1. The van der Waals surface area contributed by atoms with Crippen LogP contribution in [0.4, 0.5) is 5.82 Å². The van der Waals surface area contributed by atoms with Crippen LogP contribution in [0.3, 0.4) is 0 Å². The molecule has 0 saturated carbocycles. The van der Waals surface area contributed by atoms with Crippen LogP contribution in [0.1, 0.15) is 36.9 Å². The van der Waals surface area contributed by atoms with E-state index in [0.717, 1.165) is 30.9 Å². The maximum absolute atomic E-state index is 10.5. The van der Waals surface area contributed by atoms with Gasteiger partial charge in [-0.1, -0.05) is 6.07 Å². The molecule has 1 aromatic heterocycles. The maximum Gasteiger partial charge on any atom is 0.303 e. The summed E-state index contributed by atoms with van der Waals surface area (Å²) in [5.41, 5.74) is 2.30. The van der Waals surface area contributed by atoms with E-state index in [1.165, 1.54) is 11.6 Å². The Labute approximate surface area is 146 Å². The highest BCUT2D eigenvalue weighted by molar-refractivity contribution is 5.93. The van der Waals surface area contributed by atoms with Crippen LogP contribution in [-0.2, 0) is 22.4 Å². The number of pyridine rings is 1. The summed E-state index contributed by atoms with van der Waals surface area (Å²) in [6, 6.07) is 5.96. The molecule has 0 amide bonds. The van der Waals surface area contributed by atoms with Gasteiger partial charge in [-0.25, -0.2) is 4.98 Å². The van der Waals surface area contributed by atoms with Crippen molar-refractivity contribution in [1.82, 2.24) is 4.98 Å². The van der Waals surface area contributed by atoms with Crippen LogP contribution in [0.5, 0.6) is 0 Å². The third kappa shape index (κ3) is 6.26. The molecule has 1 aliphatic heterocycles. The Kier molecular flexibility index (Phi) is 6.96. The molecule has 7 nitrogen and oxygen atoms in total. The second kappa shape index (κ2) is 9.42. The molecule has 0 unspecified atom stereocenters. The number of hydrogen-bond donors (Lipinski definition) is 3. The molecule has 7 heteroatoms. The lowest BCUT2D eigenvalue weighted by molar-refractivity contribution is -0.137. The summed E-state index contributed by atoms with van der Waals surface area (Å²) in [6.45, 7) is 1.23. The highest BCUT2D eigenvalue weighted by atomic mass is 16.5. The fourth-order valence-corrected chi connectivity index (χ4v) is 2.54. The number of carboxylic acid groups (broad SMARTS) is 1. The van der Waals surface area contributed by atoms with Crippen molar-refractivity contribution in [3.8, 4) is 6.07 Å². The number of aryl methyl sites for hydroxylation is 1. The highest BCUT2D eigenvalue weighted by Gasteiger charge is 2.10. The lowest BCUT2D eigenvalue weighted by Gasteiger charge is -2.17. The summed E-state index contributed by atoms with van der Waals surface area (Å²) >= 11 is 0. The van der Waals surface area contributed by atoms with Crippen molar-refractivity contribution >= 4 is 17.5 Å². The number of allylic oxidation sites excluding steroid dienone is 2. The molecule has 1 aromatic rings. The van der Waals surface area contributed by atoms with E-state index in [4.69, 9.17) is 20.5 Å². The molecule has 3 N–H and O–H groups in total. The molecular formula is C18H22N4O3. The van der Waals surface area contributed by atoms with E-state index in [-0.39, 0.29) is 17.9 Å². The van der Waals surface area contributed by atoms with Crippen LogP contribution < -0.4 is 5.32 Å². The van der Waals surface area contributed by atoms with Gasteiger partial charge in [0, 0.05) is 36.9 Å². The molecule has 0 atom stereocenters. The van der Waals surface area contributed by atoms with Gasteiger partial charge in [0.15, 0.2) is 5.76 Å². The number of anilines is 1.